The van der Waals surface area contributed by atoms with E-state index in [0.717, 1.165) is 0 Å². The molecule has 4 heteroatoms. The van der Waals surface area contributed by atoms with E-state index in [1.54, 1.807) is 18.9 Å². The molecule has 4 nitrogen and oxygen atoms in total. The fraction of sp³-hybridized carbons (Fsp3) is 0.889. The second kappa shape index (κ2) is 5.80. The van der Waals surface area contributed by atoms with Crippen molar-refractivity contribution < 1.29 is 9.53 Å². The van der Waals surface area contributed by atoms with Gasteiger partial charge in [-0.15, -0.1) is 0 Å². The molecule has 0 rings (SSSR count). The molecule has 0 aliphatic heterocycles. The molecule has 0 heterocycles. The predicted molar refractivity (Wildman–Crippen MR) is 52.5 cm³/mol. The summed E-state index contributed by atoms with van der Waals surface area (Å²) in [6.45, 7) is 6.73. The van der Waals surface area contributed by atoms with E-state index in [0.29, 0.717) is 19.1 Å². The monoisotopic (exact) mass is 188 g/mol. The van der Waals surface area contributed by atoms with E-state index in [4.69, 9.17) is 10.5 Å². The standard InChI is InChI=1S/C9H20N2O2/c1-5-13-9(12)11(4)8(6-10)7(2)3/h7-8H,5-6,10H2,1-4H3/t8-/m1/s1. The Morgan fingerprint density at radius 1 is 1.54 bits per heavy atom. The molecule has 1 atom stereocenters. The summed E-state index contributed by atoms with van der Waals surface area (Å²) < 4.78 is 4.87. The molecule has 0 aliphatic carbocycles. The molecule has 0 saturated carbocycles. The molecule has 0 spiro atoms. The molecule has 0 aromatic carbocycles. The van der Waals surface area contributed by atoms with E-state index in [9.17, 15) is 4.79 Å². The van der Waals surface area contributed by atoms with Crippen molar-refractivity contribution in [1.29, 1.82) is 0 Å². The molecule has 1 amide bonds. The normalized spacial score (nSPS) is 12.8. The third-order valence-corrected chi connectivity index (χ3v) is 2.06. The Labute approximate surface area is 80.0 Å². The van der Waals surface area contributed by atoms with Crippen molar-refractivity contribution >= 4 is 6.09 Å². The number of nitrogens with two attached hydrogens (primary N) is 1. The van der Waals surface area contributed by atoms with Crippen LogP contribution in [0.1, 0.15) is 20.8 Å². The van der Waals surface area contributed by atoms with Crippen LogP contribution in [0.2, 0.25) is 0 Å². The average Bonchev–Trinajstić information content (AvgIpc) is 2.05. The largest absolute Gasteiger partial charge is 0.450 e. The number of nitrogens with zero attached hydrogens (tertiary/aromatic N) is 1. The Kier molecular flexibility index (Phi) is 5.46. The molecule has 0 saturated heterocycles. The fourth-order valence-corrected chi connectivity index (χ4v) is 1.24. The molecule has 0 aromatic rings. The minimum absolute atomic E-state index is 0.0547. The zero-order valence-electron chi connectivity index (χ0n) is 8.91. The van der Waals surface area contributed by atoms with Gasteiger partial charge < -0.3 is 15.4 Å². The fourth-order valence-electron chi connectivity index (χ4n) is 1.24. The summed E-state index contributed by atoms with van der Waals surface area (Å²) in [5.41, 5.74) is 5.56. The van der Waals surface area contributed by atoms with Gasteiger partial charge in [0.05, 0.1) is 6.61 Å². The molecule has 0 radical (unpaired) electrons. The summed E-state index contributed by atoms with van der Waals surface area (Å²) in [5.74, 6) is 0.347. The highest BCUT2D eigenvalue weighted by atomic mass is 16.6. The van der Waals surface area contributed by atoms with Gasteiger partial charge in [-0.05, 0) is 12.8 Å². The summed E-state index contributed by atoms with van der Waals surface area (Å²) in [6, 6.07) is 0.0547. The number of hydrogen-bond donors (Lipinski definition) is 1. The maximum atomic E-state index is 11.3. The number of ether oxygens (including phenoxy) is 1. The van der Waals surface area contributed by atoms with Gasteiger partial charge in [-0.3, -0.25) is 0 Å². The summed E-state index contributed by atoms with van der Waals surface area (Å²) >= 11 is 0. The lowest BCUT2D eigenvalue weighted by atomic mass is 10.0. The highest BCUT2D eigenvalue weighted by molar-refractivity contribution is 5.67. The minimum atomic E-state index is -0.299. The van der Waals surface area contributed by atoms with Gasteiger partial charge in [0.15, 0.2) is 0 Å². The van der Waals surface area contributed by atoms with Crippen molar-refractivity contribution in [3.63, 3.8) is 0 Å². The quantitative estimate of drug-likeness (QED) is 0.717. The zero-order valence-corrected chi connectivity index (χ0v) is 8.91. The van der Waals surface area contributed by atoms with Crippen LogP contribution in [-0.4, -0.2) is 37.2 Å². The smallest absolute Gasteiger partial charge is 0.409 e. The van der Waals surface area contributed by atoms with Crippen molar-refractivity contribution in [3.8, 4) is 0 Å². The summed E-state index contributed by atoms with van der Waals surface area (Å²) in [7, 11) is 1.72. The van der Waals surface area contributed by atoms with Gasteiger partial charge in [-0.2, -0.15) is 0 Å². The van der Waals surface area contributed by atoms with E-state index in [1.165, 1.54) is 0 Å². The van der Waals surface area contributed by atoms with Crippen LogP contribution < -0.4 is 5.73 Å². The van der Waals surface area contributed by atoms with Gasteiger partial charge in [0.25, 0.3) is 0 Å². The summed E-state index contributed by atoms with van der Waals surface area (Å²) in [5, 5.41) is 0. The van der Waals surface area contributed by atoms with Crippen LogP contribution in [-0.2, 0) is 4.74 Å². The molecule has 0 aliphatic rings. The van der Waals surface area contributed by atoms with Gasteiger partial charge in [0.2, 0.25) is 0 Å². The molecular formula is C9H20N2O2. The van der Waals surface area contributed by atoms with Crippen molar-refractivity contribution in [1.82, 2.24) is 4.90 Å². The van der Waals surface area contributed by atoms with E-state index in [-0.39, 0.29) is 12.1 Å². The third-order valence-electron chi connectivity index (χ3n) is 2.06. The Balaban J connectivity index is 4.19. The SMILES string of the molecule is CCOC(=O)N(C)[C@H](CN)C(C)C. The second-order valence-electron chi connectivity index (χ2n) is 3.36. The molecule has 0 bridgehead atoms. The zero-order chi connectivity index (χ0) is 10.4. The summed E-state index contributed by atoms with van der Waals surface area (Å²) in [6.07, 6.45) is -0.299. The number of amides is 1. The first-order chi connectivity index (χ1) is 6.04. The van der Waals surface area contributed by atoms with Crippen molar-refractivity contribution in [2.45, 2.75) is 26.8 Å². The number of likely N-dealkylation sites (N-methyl/N-ethyl adjacent to an activating group) is 1. The second-order valence-corrected chi connectivity index (χ2v) is 3.36. The van der Waals surface area contributed by atoms with Crippen LogP contribution in [0.3, 0.4) is 0 Å². The first kappa shape index (κ1) is 12.2. The Morgan fingerprint density at radius 3 is 2.38 bits per heavy atom. The molecule has 0 aromatic heterocycles. The van der Waals surface area contributed by atoms with Gasteiger partial charge in [-0.25, -0.2) is 4.79 Å². The first-order valence-corrected chi connectivity index (χ1v) is 4.64. The molecule has 13 heavy (non-hydrogen) atoms. The van der Waals surface area contributed by atoms with Crippen molar-refractivity contribution in [2.75, 3.05) is 20.2 Å². The van der Waals surface area contributed by atoms with Crippen molar-refractivity contribution in [2.24, 2.45) is 11.7 Å². The van der Waals surface area contributed by atoms with Crippen LogP contribution in [0.25, 0.3) is 0 Å². The van der Waals surface area contributed by atoms with Gasteiger partial charge in [-0.1, -0.05) is 13.8 Å². The third kappa shape index (κ3) is 3.63. The van der Waals surface area contributed by atoms with Crippen LogP contribution in [0, 0.1) is 5.92 Å². The number of rotatable bonds is 4. The molecule has 2 N–H and O–H groups in total. The van der Waals surface area contributed by atoms with E-state index in [1.807, 2.05) is 13.8 Å². The average molecular weight is 188 g/mol. The van der Waals surface area contributed by atoms with Gasteiger partial charge >= 0.3 is 6.09 Å². The van der Waals surface area contributed by atoms with Crippen molar-refractivity contribution in [3.05, 3.63) is 0 Å². The molecule has 0 unspecified atom stereocenters. The highest BCUT2D eigenvalue weighted by Gasteiger charge is 2.21. The highest BCUT2D eigenvalue weighted by Crippen LogP contribution is 2.08. The Hall–Kier alpha value is -0.770. The summed E-state index contributed by atoms with van der Waals surface area (Å²) in [4.78, 5) is 12.9. The molecular weight excluding hydrogens is 168 g/mol. The Bertz CT molecular complexity index is 160. The maximum Gasteiger partial charge on any atom is 0.409 e. The van der Waals surface area contributed by atoms with Crippen LogP contribution in [0.4, 0.5) is 4.79 Å². The topological polar surface area (TPSA) is 55.6 Å². The van der Waals surface area contributed by atoms with Crippen LogP contribution >= 0.6 is 0 Å². The lowest BCUT2D eigenvalue weighted by molar-refractivity contribution is 0.0935. The molecule has 0 fully saturated rings. The maximum absolute atomic E-state index is 11.3. The molecule has 78 valence electrons. The van der Waals surface area contributed by atoms with E-state index < -0.39 is 0 Å². The van der Waals surface area contributed by atoms with Crippen LogP contribution in [0.15, 0.2) is 0 Å². The Morgan fingerprint density at radius 2 is 2.08 bits per heavy atom. The van der Waals surface area contributed by atoms with Crippen LogP contribution in [0.5, 0.6) is 0 Å². The van der Waals surface area contributed by atoms with E-state index in [2.05, 4.69) is 0 Å². The van der Waals surface area contributed by atoms with E-state index >= 15 is 0 Å². The number of hydrogen-bond acceptors (Lipinski definition) is 3. The lowest BCUT2D eigenvalue weighted by Gasteiger charge is -2.29. The van der Waals surface area contributed by atoms with Gasteiger partial charge in [0, 0.05) is 19.6 Å². The number of carbonyl (C=O) groups excluding carboxylic acids is 1. The number of carbonyl (C=O) groups is 1. The first-order valence-electron chi connectivity index (χ1n) is 4.64. The minimum Gasteiger partial charge on any atom is -0.450 e. The lowest BCUT2D eigenvalue weighted by Crippen LogP contribution is -2.45. The predicted octanol–water partition coefficient (Wildman–Crippen LogP) is 1.06. The van der Waals surface area contributed by atoms with Gasteiger partial charge in [0.1, 0.15) is 0 Å².